The Morgan fingerprint density at radius 3 is 1.70 bits per heavy atom. The van der Waals surface area contributed by atoms with Gasteiger partial charge in [-0.2, -0.15) is 0 Å². The first-order chi connectivity index (χ1) is 19.5. The Balaban J connectivity index is 1.49. The highest BCUT2D eigenvalue weighted by Crippen LogP contribution is 2.40. The van der Waals surface area contributed by atoms with E-state index in [-0.39, 0.29) is 0 Å². The third-order valence-electron chi connectivity index (χ3n) is 8.15. The lowest BCUT2D eigenvalue weighted by Crippen LogP contribution is -2.10. The molecule has 0 aliphatic rings. The first-order valence-electron chi connectivity index (χ1n) is 14.6. The van der Waals surface area contributed by atoms with Crippen LogP contribution in [0.2, 0.25) is 0 Å². The van der Waals surface area contributed by atoms with Gasteiger partial charge in [0.1, 0.15) is 0 Å². The van der Waals surface area contributed by atoms with Crippen LogP contribution in [0.5, 0.6) is 0 Å². The van der Waals surface area contributed by atoms with Gasteiger partial charge >= 0.3 is 0 Å². The average molecular weight is 523 g/mol. The van der Waals surface area contributed by atoms with Crippen molar-refractivity contribution < 1.29 is 0 Å². The molecule has 1 aromatic heterocycles. The Bertz CT molecular complexity index is 1770. The van der Waals surface area contributed by atoms with Gasteiger partial charge in [-0.25, -0.2) is 0 Å². The molecule has 6 rings (SSSR count). The van der Waals surface area contributed by atoms with Gasteiger partial charge in [0.05, 0.1) is 0 Å². The molecular weight excluding hydrogens is 484 g/mol. The fraction of sp³-hybridized carbons (Fsp3) is 0.211. The first-order valence-corrected chi connectivity index (χ1v) is 14.6. The van der Waals surface area contributed by atoms with E-state index in [1.54, 1.807) is 0 Å². The number of anilines is 3. The standard InChI is InChI=1S/C38H38N2/c1-6-28-10-13-30(14-11-28)31-15-19-33(20-16-31)40(32-17-8-27(5)9-18-32)34-21-23-37-36(25-34)35-22-12-29(7-2)24-38(35)39(37)26(3)4/h8-26H,6-7H2,1-5H3. The maximum Gasteiger partial charge on any atom is 0.0496 e. The summed E-state index contributed by atoms with van der Waals surface area (Å²) in [5.41, 5.74) is 12.6. The maximum atomic E-state index is 2.49. The van der Waals surface area contributed by atoms with E-state index in [2.05, 4.69) is 153 Å². The summed E-state index contributed by atoms with van der Waals surface area (Å²) in [7, 11) is 0. The Labute approximate surface area is 238 Å². The quantitative estimate of drug-likeness (QED) is 0.202. The lowest BCUT2D eigenvalue weighted by Gasteiger charge is -2.26. The van der Waals surface area contributed by atoms with E-state index >= 15 is 0 Å². The molecule has 0 saturated carbocycles. The second-order valence-electron chi connectivity index (χ2n) is 11.1. The highest BCUT2D eigenvalue weighted by atomic mass is 15.1. The van der Waals surface area contributed by atoms with Crippen LogP contribution in [0, 0.1) is 6.92 Å². The molecule has 5 aromatic carbocycles. The van der Waals surface area contributed by atoms with Gasteiger partial charge in [0.15, 0.2) is 0 Å². The lowest BCUT2D eigenvalue weighted by molar-refractivity contribution is 0.642. The number of hydrogen-bond donors (Lipinski definition) is 0. The number of benzene rings is 5. The van der Waals surface area contributed by atoms with E-state index in [1.165, 1.54) is 55.3 Å². The third-order valence-corrected chi connectivity index (χ3v) is 8.15. The highest BCUT2D eigenvalue weighted by molar-refractivity contribution is 6.10. The normalized spacial score (nSPS) is 11.6. The summed E-state index contributed by atoms with van der Waals surface area (Å²) < 4.78 is 2.49. The molecule has 0 amide bonds. The molecule has 1 heterocycles. The van der Waals surface area contributed by atoms with Gasteiger partial charge < -0.3 is 9.47 Å². The minimum Gasteiger partial charge on any atom is -0.338 e. The molecule has 0 bridgehead atoms. The Morgan fingerprint density at radius 2 is 1.10 bits per heavy atom. The monoisotopic (exact) mass is 522 g/mol. The predicted octanol–water partition coefficient (Wildman–Crippen LogP) is 10.9. The average Bonchev–Trinajstić information content (AvgIpc) is 3.32. The minimum atomic E-state index is 0.380. The predicted molar refractivity (Wildman–Crippen MR) is 173 cm³/mol. The second kappa shape index (κ2) is 10.7. The third kappa shape index (κ3) is 4.69. The zero-order valence-electron chi connectivity index (χ0n) is 24.3. The van der Waals surface area contributed by atoms with E-state index in [9.17, 15) is 0 Å². The van der Waals surface area contributed by atoms with Crippen molar-refractivity contribution in [3.05, 3.63) is 126 Å². The van der Waals surface area contributed by atoms with E-state index < -0.39 is 0 Å². The number of fused-ring (bicyclic) bond motifs is 3. The number of aryl methyl sites for hydroxylation is 3. The molecule has 0 unspecified atom stereocenters. The summed E-state index contributed by atoms with van der Waals surface area (Å²) >= 11 is 0. The number of nitrogens with zero attached hydrogens (tertiary/aromatic N) is 2. The van der Waals surface area contributed by atoms with Crippen LogP contribution in [0.1, 0.15) is 50.4 Å². The summed E-state index contributed by atoms with van der Waals surface area (Å²) in [6, 6.07) is 41.0. The van der Waals surface area contributed by atoms with Crippen molar-refractivity contribution in [1.29, 1.82) is 0 Å². The van der Waals surface area contributed by atoms with E-state index in [0.717, 1.165) is 24.2 Å². The Morgan fingerprint density at radius 1 is 0.550 bits per heavy atom. The smallest absolute Gasteiger partial charge is 0.0496 e. The van der Waals surface area contributed by atoms with Crippen molar-refractivity contribution >= 4 is 38.9 Å². The number of aromatic nitrogens is 1. The second-order valence-corrected chi connectivity index (χ2v) is 11.1. The van der Waals surface area contributed by atoms with Crippen molar-refractivity contribution in [2.45, 2.75) is 53.5 Å². The molecule has 200 valence electrons. The van der Waals surface area contributed by atoms with Gasteiger partial charge in [-0.1, -0.05) is 80.1 Å². The van der Waals surface area contributed by atoms with Crippen molar-refractivity contribution in [3.63, 3.8) is 0 Å². The lowest BCUT2D eigenvalue weighted by atomic mass is 10.0. The Kier molecular flexibility index (Phi) is 6.94. The van der Waals surface area contributed by atoms with Crippen LogP contribution in [0.25, 0.3) is 32.9 Å². The van der Waals surface area contributed by atoms with Gasteiger partial charge in [-0.15, -0.1) is 0 Å². The number of hydrogen-bond acceptors (Lipinski definition) is 1. The molecule has 2 nitrogen and oxygen atoms in total. The summed E-state index contributed by atoms with van der Waals surface area (Å²) in [6.07, 6.45) is 2.10. The first kappa shape index (κ1) is 26.0. The van der Waals surface area contributed by atoms with Crippen molar-refractivity contribution in [3.8, 4) is 11.1 Å². The fourth-order valence-electron chi connectivity index (χ4n) is 5.88. The van der Waals surface area contributed by atoms with Gasteiger partial charge in [0.2, 0.25) is 0 Å². The van der Waals surface area contributed by atoms with Gasteiger partial charge in [0, 0.05) is 44.9 Å². The van der Waals surface area contributed by atoms with Crippen LogP contribution in [0.15, 0.2) is 109 Å². The van der Waals surface area contributed by atoms with Crippen molar-refractivity contribution in [1.82, 2.24) is 4.57 Å². The zero-order valence-corrected chi connectivity index (χ0v) is 24.3. The Hall–Kier alpha value is -4.30. The molecular formula is C38H38N2. The molecule has 0 atom stereocenters. The van der Waals surface area contributed by atoms with Gasteiger partial charge in [-0.05, 0) is 104 Å². The molecule has 0 fully saturated rings. The molecule has 0 spiro atoms. The molecule has 0 aliphatic carbocycles. The van der Waals surface area contributed by atoms with Crippen LogP contribution >= 0.6 is 0 Å². The highest BCUT2D eigenvalue weighted by Gasteiger charge is 2.18. The molecule has 0 saturated heterocycles. The van der Waals surface area contributed by atoms with E-state index in [1.807, 2.05) is 0 Å². The van der Waals surface area contributed by atoms with Crippen molar-refractivity contribution in [2.75, 3.05) is 4.90 Å². The number of rotatable bonds is 7. The summed E-state index contributed by atoms with van der Waals surface area (Å²) in [5.74, 6) is 0. The van der Waals surface area contributed by atoms with E-state index in [4.69, 9.17) is 0 Å². The molecule has 0 aliphatic heterocycles. The zero-order chi connectivity index (χ0) is 27.8. The molecule has 0 radical (unpaired) electrons. The van der Waals surface area contributed by atoms with Gasteiger partial charge in [0.25, 0.3) is 0 Å². The van der Waals surface area contributed by atoms with E-state index in [0.29, 0.717) is 6.04 Å². The topological polar surface area (TPSA) is 8.17 Å². The molecule has 0 N–H and O–H groups in total. The fourth-order valence-corrected chi connectivity index (χ4v) is 5.88. The van der Waals surface area contributed by atoms with Crippen LogP contribution in [-0.2, 0) is 12.8 Å². The largest absolute Gasteiger partial charge is 0.338 e. The molecule has 6 aromatic rings. The van der Waals surface area contributed by atoms with Crippen LogP contribution in [0.4, 0.5) is 17.1 Å². The summed E-state index contributed by atoms with van der Waals surface area (Å²) in [5, 5.41) is 2.62. The van der Waals surface area contributed by atoms with Crippen LogP contribution < -0.4 is 4.90 Å². The van der Waals surface area contributed by atoms with Crippen molar-refractivity contribution in [2.24, 2.45) is 0 Å². The minimum absolute atomic E-state index is 0.380. The summed E-state index contributed by atoms with van der Waals surface area (Å²) in [6.45, 7) is 11.1. The van der Waals surface area contributed by atoms with Gasteiger partial charge in [-0.3, -0.25) is 0 Å². The molecule has 40 heavy (non-hydrogen) atoms. The maximum absolute atomic E-state index is 2.49. The van der Waals surface area contributed by atoms with Crippen LogP contribution in [0.3, 0.4) is 0 Å². The van der Waals surface area contributed by atoms with Crippen LogP contribution in [-0.4, -0.2) is 4.57 Å². The summed E-state index contributed by atoms with van der Waals surface area (Å²) in [4.78, 5) is 2.38. The SMILES string of the molecule is CCc1ccc(-c2ccc(N(c3ccc(C)cc3)c3ccc4c(c3)c3ccc(CC)cc3n4C(C)C)cc2)cc1. The molecule has 2 heteroatoms.